The highest BCUT2D eigenvalue weighted by atomic mass is 19.4. The number of tetrazole rings is 1. The Labute approximate surface area is 261 Å². The molecular formula is C30H26F9N5O3. The molecule has 47 heavy (non-hydrogen) atoms. The smallest absolute Gasteiger partial charge is 0.416 e. The monoisotopic (exact) mass is 675 g/mol. The number of methoxy groups -OCH3 is 2. The lowest BCUT2D eigenvalue weighted by atomic mass is 9.94. The van der Waals surface area contributed by atoms with E-state index in [9.17, 15) is 44.3 Å². The predicted octanol–water partition coefficient (Wildman–Crippen LogP) is 7.25. The molecule has 0 bridgehead atoms. The predicted molar refractivity (Wildman–Crippen MR) is 149 cm³/mol. The topological polar surface area (TPSA) is 82.4 Å². The van der Waals surface area contributed by atoms with Crippen LogP contribution < -0.4 is 9.64 Å². The lowest BCUT2D eigenvalue weighted by Crippen LogP contribution is -2.25. The second-order valence-electron chi connectivity index (χ2n) is 10.3. The Kier molecular flexibility index (Phi) is 10.1. The number of rotatable bonds is 10. The fourth-order valence-electron chi connectivity index (χ4n) is 4.77. The number of hydrogen-bond acceptors (Lipinski definition) is 7. The Morgan fingerprint density at radius 2 is 1.40 bits per heavy atom. The van der Waals surface area contributed by atoms with Crippen molar-refractivity contribution in [1.82, 2.24) is 20.2 Å². The molecule has 0 atom stereocenters. The van der Waals surface area contributed by atoms with Gasteiger partial charge in [-0.25, -0.2) is 0 Å². The number of benzene rings is 3. The molecule has 0 aliphatic rings. The molecule has 0 aliphatic carbocycles. The van der Waals surface area contributed by atoms with Gasteiger partial charge >= 0.3 is 24.5 Å². The van der Waals surface area contributed by atoms with E-state index in [0.29, 0.717) is 23.3 Å². The van der Waals surface area contributed by atoms with Gasteiger partial charge in [0.2, 0.25) is 0 Å². The van der Waals surface area contributed by atoms with Gasteiger partial charge in [0.05, 0.1) is 38.0 Å². The summed E-state index contributed by atoms with van der Waals surface area (Å²) in [6.07, 6.45) is -14.8. The van der Waals surface area contributed by atoms with Gasteiger partial charge in [0, 0.05) is 25.1 Å². The van der Waals surface area contributed by atoms with Crippen LogP contribution in [-0.4, -0.2) is 40.4 Å². The number of anilines is 1. The molecule has 0 aliphatic heterocycles. The summed E-state index contributed by atoms with van der Waals surface area (Å²) < 4.78 is 133. The average Bonchev–Trinajstić information content (AvgIpc) is 3.44. The second-order valence-corrected chi connectivity index (χ2v) is 10.3. The first kappa shape index (κ1) is 35.0. The maximum absolute atomic E-state index is 13.9. The number of aromatic nitrogens is 4. The zero-order valence-electron chi connectivity index (χ0n) is 24.9. The SMILES string of the molecule is COC(=O)CCc1ccc(OC)c(-c2ccc(C(F)(F)F)cc2CN(Cc2cc(C(F)(F)F)cc(C(F)(F)F)c2)c2nnn(C)n2)c1. The molecular weight excluding hydrogens is 649 g/mol. The van der Waals surface area contributed by atoms with Gasteiger partial charge in [0.25, 0.3) is 5.95 Å². The third kappa shape index (κ3) is 8.71. The maximum atomic E-state index is 13.9. The number of halogens is 9. The number of aryl methyl sites for hydroxylation is 2. The van der Waals surface area contributed by atoms with Crippen molar-refractivity contribution < 1.29 is 53.8 Å². The first-order chi connectivity index (χ1) is 21.9. The van der Waals surface area contributed by atoms with Crippen LogP contribution in [0.2, 0.25) is 0 Å². The van der Waals surface area contributed by atoms with E-state index in [1.54, 1.807) is 18.2 Å². The summed E-state index contributed by atoms with van der Waals surface area (Å²) in [5.74, 6) is -0.529. The summed E-state index contributed by atoms with van der Waals surface area (Å²) in [5.41, 5.74) is -3.59. The Balaban J connectivity index is 1.87. The number of esters is 1. The van der Waals surface area contributed by atoms with Crippen molar-refractivity contribution in [2.45, 2.75) is 44.5 Å². The first-order valence-electron chi connectivity index (χ1n) is 13.6. The molecule has 1 heterocycles. The van der Waals surface area contributed by atoms with Crippen LogP contribution in [0.25, 0.3) is 11.1 Å². The maximum Gasteiger partial charge on any atom is 0.416 e. The molecule has 0 unspecified atom stereocenters. The molecule has 0 fully saturated rings. The number of ether oxygens (including phenoxy) is 2. The van der Waals surface area contributed by atoms with Crippen LogP contribution in [0.4, 0.5) is 45.5 Å². The van der Waals surface area contributed by atoms with Crippen molar-refractivity contribution in [2.75, 3.05) is 19.1 Å². The number of carbonyl (C=O) groups is 1. The van der Waals surface area contributed by atoms with Crippen molar-refractivity contribution in [2.24, 2.45) is 7.05 Å². The van der Waals surface area contributed by atoms with E-state index in [4.69, 9.17) is 4.74 Å². The Morgan fingerprint density at radius 1 is 0.766 bits per heavy atom. The molecule has 1 aromatic heterocycles. The largest absolute Gasteiger partial charge is 0.496 e. The van der Waals surface area contributed by atoms with Crippen molar-refractivity contribution in [1.29, 1.82) is 0 Å². The van der Waals surface area contributed by atoms with Gasteiger partial charge in [0.15, 0.2) is 0 Å². The summed E-state index contributed by atoms with van der Waals surface area (Å²) in [6.45, 7) is -1.19. The van der Waals surface area contributed by atoms with Crippen molar-refractivity contribution in [3.8, 4) is 16.9 Å². The summed E-state index contributed by atoms with van der Waals surface area (Å²) in [5, 5.41) is 11.5. The lowest BCUT2D eigenvalue weighted by molar-refractivity contribution is -0.143. The van der Waals surface area contributed by atoms with E-state index in [2.05, 4.69) is 20.1 Å². The van der Waals surface area contributed by atoms with Gasteiger partial charge in [-0.1, -0.05) is 17.2 Å². The number of hydrogen-bond donors (Lipinski definition) is 0. The third-order valence-corrected chi connectivity index (χ3v) is 6.99. The molecule has 0 N–H and O–H groups in total. The standard InChI is InChI=1S/C30H26F9N5O3/c1-43-41-27(40-42-43)44(15-18-10-21(29(34,35)36)14-22(11-18)30(37,38)39)16-19-13-20(28(31,32)33)6-7-23(19)24-12-17(4-8-25(24)46-2)5-9-26(45)47-3/h4,6-8,10-14H,5,9,15-16H2,1-3H3. The van der Waals surface area contributed by atoms with Gasteiger partial charge in [0.1, 0.15) is 5.75 Å². The van der Waals surface area contributed by atoms with E-state index in [1.165, 1.54) is 27.3 Å². The van der Waals surface area contributed by atoms with Crippen molar-refractivity contribution in [3.05, 3.63) is 88.0 Å². The number of carbonyl (C=O) groups excluding carboxylic acids is 1. The lowest BCUT2D eigenvalue weighted by Gasteiger charge is -2.25. The van der Waals surface area contributed by atoms with Crippen molar-refractivity contribution >= 4 is 11.9 Å². The van der Waals surface area contributed by atoms with Crippen LogP contribution in [-0.2, 0) is 54.6 Å². The molecule has 8 nitrogen and oxygen atoms in total. The molecule has 0 saturated heterocycles. The number of nitrogens with zero attached hydrogens (tertiary/aromatic N) is 5. The van der Waals surface area contributed by atoms with Gasteiger partial charge in [-0.15, -0.1) is 5.10 Å². The Bertz CT molecular complexity index is 1700. The van der Waals surface area contributed by atoms with Crippen molar-refractivity contribution in [3.63, 3.8) is 0 Å². The van der Waals surface area contributed by atoms with Gasteiger partial charge < -0.3 is 14.4 Å². The van der Waals surface area contributed by atoms with E-state index in [0.717, 1.165) is 21.8 Å². The molecule has 4 rings (SSSR count). The molecule has 3 aromatic carbocycles. The Hall–Kier alpha value is -4.83. The normalized spacial score (nSPS) is 12.3. The fourth-order valence-corrected chi connectivity index (χ4v) is 4.77. The minimum Gasteiger partial charge on any atom is -0.496 e. The highest BCUT2D eigenvalue weighted by Gasteiger charge is 2.37. The average molecular weight is 676 g/mol. The van der Waals surface area contributed by atoms with E-state index >= 15 is 0 Å². The minimum atomic E-state index is -5.13. The summed E-state index contributed by atoms with van der Waals surface area (Å²) in [4.78, 5) is 13.8. The molecule has 17 heteroatoms. The van der Waals surface area contributed by atoms with E-state index < -0.39 is 59.8 Å². The zero-order valence-corrected chi connectivity index (χ0v) is 24.9. The van der Waals surface area contributed by atoms with Crippen LogP contribution in [0.15, 0.2) is 54.6 Å². The summed E-state index contributed by atoms with van der Waals surface area (Å²) in [6, 6.07) is 8.61. The van der Waals surface area contributed by atoms with Crippen LogP contribution in [0.3, 0.4) is 0 Å². The molecule has 0 saturated carbocycles. The highest BCUT2D eigenvalue weighted by molar-refractivity contribution is 5.75. The van der Waals surface area contributed by atoms with Gasteiger partial charge in [-0.2, -0.15) is 44.3 Å². The molecule has 0 spiro atoms. The third-order valence-electron chi connectivity index (χ3n) is 6.99. The number of alkyl halides is 9. The van der Waals surface area contributed by atoms with Crippen LogP contribution in [0.1, 0.15) is 39.8 Å². The molecule has 0 amide bonds. The second kappa shape index (κ2) is 13.5. The van der Waals surface area contributed by atoms with E-state index in [-0.39, 0.29) is 41.7 Å². The minimum absolute atomic E-state index is 0.00512. The Morgan fingerprint density at radius 3 is 1.94 bits per heavy atom. The quantitative estimate of drug-likeness (QED) is 0.129. The highest BCUT2D eigenvalue weighted by Crippen LogP contribution is 2.40. The molecule has 252 valence electrons. The summed E-state index contributed by atoms with van der Waals surface area (Å²) in [7, 11) is 3.90. The van der Waals surface area contributed by atoms with Gasteiger partial charge in [-0.05, 0) is 76.4 Å². The van der Waals surface area contributed by atoms with Crippen LogP contribution in [0, 0.1) is 0 Å². The summed E-state index contributed by atoms with van der Waals surface area (Å²) >= 11 is 0. The molecule has 4 aromatic rings. The van der Waals surface area contributed by atoms with E-state index in [1.807, 2.05) is 0 Å². The zero-order chi connectivity index (χ0) is 34.7. The van der Waals surface area contributed by atoms with Crippen LogP contribution >= 0.6 is 0 Å². The molecule has 0 radical (unpaired) electrons. The first-order valence-corrected chi connectivity index (χ1v) is 13.6. The van der Waals surface area contributed by atoms with Crippen LogP contribution in [0.5, 0.6) is 5.75 Å². The van der Waals surface area contributed by atoms with Gasteiger partial charge in [-0.3, -0.25) is 4.79 Å². The fraction of sp³-hybridized carbons (Fsp3) is 0.333.